The average molecular weight is 474 g/mol. The van der Waals surface area contributed by atoms with Gasteiger partial charge in [0.25, 0.3) is 11.8 Å². The van der Waals surface area contributed by atoms with Gasteiger partial charge < -0.3 is 10.2 Å². The molecule has 166 valence electrons. The van der Waals surface area contributed by atoms with Crippen LogP contribution in [0.3, 0.4) is 0 Å². The Bertz CT molecular complexity index is 932. The van der Waals surface area contributed by atoms with E-state index < -0.39 is 18.6 Å². The third-order valence-corrected chi connectivity index (χ3v) is 5.23. The van der Waals surface area contributed by atoms with Crippen LogP contribution in [0.15, 0.2) is 42.5 Å². The first-order chi connectivity index (χ1) is 14.6. The Morgan fingerprint density at radius 2 is 1.55 bits per heavy atom. The van der Waals surface area contributed by atoms with Gasteiger partial charge in [0, 0.05) is 53.0 Å². The minimum Gasteiger partial charge on any atom is -0.337 e. The fourth-order valence-electron chi connectivity index (χ4n) is 3.35. The summed E-state index contributed by atoms with van der Waals surface area (Å²) in [5, 5.41) is 3.38. The predicted octanol–water partition coefficient (Wildman–Crippen LogP) is 4.96. The number of nitrogens with one attached hydrogen (secondary N) is 1. The maximum absolute atomic E-state index is 12.7. The second-order valence-corrected chi connectivity index (χ2v) is 8.10. The van der Waals surface area contributed by atoms with Crippen LogP contribution in [0, 0.1) is 0 Å². The van der Waals surface area contributed by atoms with E-state index in [2.05, 4.69) is 5.32 Å². The van der Waals surface area contributed by atoms with Gasteiger partial charge in [0.05, 0.1) is 6.54 Å². The van der Waals surface area contributed by atoms with Crippen molar-refractivity contribution in [2.45, 2.75) is 12.6 Å². The zero-order valence-corrected chi connectivity index (χ0v) is 17.9. The summed E-state index contributed by atoms with van der Waals surface area (Å²) >= 11 is 11.8. The molecule has 2 aromatic rings. The van der Waals surface area contributed by atoms with E-state index in [0.29, 0.717) is 46.4 Å². The molecule has 1 saturated heterocycles. The fourth-order valence-corrected chi connectivity index (χ4v) is 3.88. The number of alkyl halides is 3. The lowest BCUT2D eigenvalue weighted by Crippen LogP contribution is -2.38. The quantitative estimate of drug-likeness (QED) is 0.682. The van der Waals surface area contributed by atoms with Gasteiger partial charge >= 0.3 is 6.18 Å². The monoisotopic (exact) mass is 473 g/mol. The molecule has 0 spiro atoms. The van der Waals surface area contributed by atoms with Gasteiger partial charge in [-0.05, 0) is 48.9 Å². The average Bonchev–Trinajstić information content (AvgIpc) is 2.91. The Morgan fingerprint density at radius 1 is 0.903 bits per heavy atom. The first-order valence-electron chi connectivity index (χ1n) is 9.56. The molecule has 0 radical (unpaired) electrons. The molecular formula is C21H20Cl2F3N3O2. The summed E-state index contributed by atoms with van der Waals surface area (Å²) in [6.07, 6.45) is -3.78. The summed E-state index contributed by atoms with van der Waals surface area (Å²) < 4.78 is 37.8. The van der Waals surface area contributed by atoms with Crippen LogP contribution in [0.1, 0.15) is 27.1 Å². The molecule has 1 heterocycles. The summed E-state index contributed by atoms with van der Waals surface area (Å²) in [5.74, 6) is -0.658. The summed E-state index contributed by atoms with van der Waals surface area (Å²) in [5.41, 5.74) is 1.17. The summed E-state index contributed by atoms with van der Waals surface area (Å²) in [6, 6.07) is 10.8. The molecule has 10 heteroatoms. The van der Waals surface area contributed by atoms with Crippen LogP contribution in [-0.4, -0.2) is 60.5 Å². The van der Waals surface area contributed by atoms with Crippen LogP contribution in [0.2, 0.25) is 10.0 Å². The number of carbonyl (C=O) groups excluding carboxylic acids is 2. The number of anilines is 1. The largest absolute Gasteiger partial charge is 0.401 e. The smallest absolute Gasteiger partial charge is 0.337 e. The lowest BCUT2D eigenvalue weighted by Gasteiger charge is -2.23. The molecule has 0 aliphatic carbocycles. The van der Waals surface area contributed by atoms with Crippen LogP contribution < -0.4 is 5.32 Å². The number of hydrogen-bond acceptors (Lipinski definition) is 3. The van der Waals surface area contributed by atoms with Crippen molar-refractivity contribution in [2.24, 2.45) is 0 Å². The third-order valence-electron chi connectivity index (χ3n) is 4.79. The van der Waals surface area contributed by atoms with Gasteiger partial charge in [-0.15, -0.1) is 0 Å². The van der Waals surface area contributed by atoms with Crippen molar-refractivity contribution in [3.63, 3.8) is 0 Å². The molecule has 0 bridgehead atoms. The van der Waals surface area contributed by atoms with Crippen LogP contribution >= 0.6 is 23.2 Å². The molecule has 1 aliphatic rings. The van der Waals surface area contributed by atoms with Crippen molar-refractivity contribution in [3.05, 3.63) is 63.6 Å². The lowest BCUT2D eigenvalue weighted by atomic mass is 10.1. The van der Waals surface area contributed by atoms with E-state index >= 15 is 0 Å². The molecule has 0 aromatic heterocycles. The highest BCUT2D eigenvalue weighted by atomic mass is 35.5. The second kappa shape index (κ2) is 9.89. The molecule has 0 unspecified atom stereocenters. The molecule has 2 amide bonds. The maximum Gasteiger partial charge on any atom is 0.401 e. The number of amides is 2. The number of nitrogens with zero attached hydrogens (tertiary/aromatic N) is 2. The van der Waals surface area contributed by atoms with Gasteiger partial charge in [0.1, 0.15) is 0 Å². The minimum atomic E-state index is -4.25. The van der Waals surface area contributed by atoms with Gasteiger partial charge in [-0.1, -0.05) is 23.2 Å². The number of hydrogen-bond donors (Lipinski definition) is 1. The molecule has 3 rings (SSSR count). The van der Waals surface area contributed by atoms with Crippen molar-refractivity contribution in [3.8, 4) is 0 Å². The van der Waals surface area contributed by atoms with E-state index in [1.807, 2.05) is 0 Å². The lowest BCUT2D eigenvalue weighted by molar-refractivity contribution is -0.145. The molecule has 0 atom stereocenters. The standard InChI is InChI=1S/C21H20Cl2F3N3O2/c22-16-10-15(11-17(23)12-16)19(30)27-18-4-2-14(3-5-18)20(31)29-7-1-6-28(8-9-29)13-21(24,25)26/h2-5,10-12H,1,6-9,13H2,(H,27,30). The van der Waals surface area contributed by atoms with Gasteiger partial charge in [-0.25, -0.2) is 0 Å². The molecule has 2 aromatic carbocycles. The Balaban J connectivity index is 1.60. The number of rotatable bonds is 4. The molecular weight excluding hydrogens is 454 g/mol. The highest BCUT2D eigenvalue weighted by Crippen LogP contribution is 2.21. The highest BCUT2D eigenvalue weighted by molar-refractivity contribution is 6.35. The molecule has 1 fully saturated rings. The van der Waals surface area contributed by atoms with Crippen LogP contribution in [0.5, 0.6) is 0 Å². The van der Waals surface area contributed by atoms with E-state index in [1.54, 1.807) is 29.2 Å². The number of benzene rings is 2. The van der Waals surface area contributed by atoms with Crippen LogP contribution in [0.4, 0.5) is 18.9 Å². The zero-order chi connectivity index (χ0) is 22.6. The summed E-state index contributed by atoms with van der Waals surface area (Å²) in [4.78, 5) is 28.0. The van der Waals surface area contributed by atoms with E-state index in [-0.39, 0.29) is 19.0 Å². The third kappa shape index (κ3) is 6.85. The van der Waals surface area contributed by atoms with Crippen LogP contribution in [-0.2, 0) is 0 Å². The Morgan fingerprint density at radius 3 is 2.16 bits per heavy atom. The number of carbonyl (C=O) groups is 2. The topological polar surface area (TPSA) is 52.7 Å². The summed E-state index contributed by atoms with van der Waals surface area (Å²) in [6.45, 7) is 0.106. The van der Waals surface area contributed by atoms with Crippen molar-refractivity contribution >= 4 is 40.7 Å². The molecule has 0 saturated carbocycles. The second-order valence-electron chi connectivity index (χ2n) is 7.23. The Hall–Kier alpha value is -2.29. The van der Waals surface area contributed by atoms with Crippen molar-refractivity contribution < 1.29 is 22.8 Å². The SMILES string of the molecule is O=C(Nc1ccc(C(=O)N2CCCN(CC(F)(F)F)CC2)cc1)c1cc(Cl)cc(Cl)c1. The van der Waals surface area contributed by atoms with Crippen molar-refractivity contribution in [1.29, 1.82) is 0 Å². The Labute approximate surface area is 187 Å². The van der Waals surface area contributed by atoms with Crippen molar-refractivity contribution in [2.75, 3.05) is 38.0 Å². The zero-order valence-electron chi connectivity index (χ0n) is 16.4. The van der Waals surface area contributed by atoms with Gasteiger partial charge in [0.2, 0.25) is 0 Å². The van der Waals surface area contributed by atoms with Gasteiger partial charge in [0.15, 0.2) is 0 Å². The van der Waals surface area contributed by atoms with Crippen LogP contribution in [0.25, 0.3) is 0 Å². The highest BCUT2D eigenvalue weighted by Gasteiger charge is 2.32. The first kappa shape index (κ1) is 23.4. The maximum atomic E-state index is 12.7. The molecule has 31 heavy (non-hydrogen) atoms. The number of halogens is 5. The van der Waals surface area contributed by atoms with Crippen molar-refractivity contribution in [1.82, 2.24) is 9.80 Å². The molecule has 5 nitrogen and oxygen atoms in total. The normalized spacial score (nSPS) is 15.5. The van der Waals surface area contributed by atoms with E-state index in [9.17, 15) is 22.8 Å². The van der Waals surface area contributed by atoms with Gasteiger partial charge in [-0.2, -0.15) is 13.2 Å². The van der Waals surface area contributed by atoms with Gasteiger partial charge in [-0.3, -0.25) is 14.5 Å². The van der Waals surface area contributed by atoms with E-state index in [0.717, 1.165) is 0 Å². The van der Waals surface area contributed by atoms with E-state index in [4.69, 9.17) is 23.2 Å². The Kier molecular flexibility index (Phi) is 7.46. The minimum absolute atomic E-state index is 0.168. The fraction of sp³-hybridized carbons (Fsp3) is 0.333. The van der Waals surface area contributed by atoms with E-state index in [1.165, 1.54) is 23.1 Å². The molecule has 1 N–H and O–H groups in total. The predicted molar refractivity (Wildman–Crippen MR) is 114 cm³/mol. The molecule has 1 aliphatic heterocycles. The summed E-state index contributed by atoms with van der Waals surface area (Å²) in [7, 11) is 0. The first-order valence-corrected chi connectivity index (χ1v) is 10.3.